The number of fused-ring (bicyclic) bond motifs is 9. The lowest BCUT2D eigenvalue weighted by atomic mass is 9.86. The number of hydrogen-bond acceptors (Lipinski definition) is 2. The maximum atomic E-state index is 6.67. The Hall–Kier alpha value is -4.89. The van der Waals surface area contributed by atoms with Crippen molar-refractivity contribution in [1.82, 2.24) is 9.38 Å². The predicted molar refractivity (Wildman–Crippen MR) is 167 cm³/mol. The summed E-state index contributed by atoms with van der Waals surface area (Å²) in [5.41, 5.74) is 9.94. The van der Waals surface area contributed by atoms with Gasteiger partial charge < -0.3 is 4.42 Å². The van der Waals surface area contributed by atoms with Gasteiger partial charge >= 0.3 is 0 Å². The summed E-state index contributed by atoms with van der Waals surface area (Å²) in [5.74, 6) is 0. The first-order valence-electron chi connectivity index (χ1n) is 13.8. The molecule has 0 unspecified atom stereocenters. The summed E-state index contributed by atoms with van der Waals surface area (Å²) < 4.78 is 8.86. The van der Waals surface area contributed by atoms with Crippen LogP contribution in [-0.2, 0) is 5.41 Å². The molecule has 0 radical (unpaired) electrons. The third-order valence-corrected chi connectivity index (χ3v) is 8.19. The summed E-state index contributed by atoms with van der Waals surface area (Å²) in [6, 6.07) is 37.1. The standard InChI is InChI=1S/C37H28N2O/c1-37(2,3)32-16-8-15-29-28-14-7-13-26(34(28)40-35(29)32)25-10-6-9-23(21-25)24-17-18-33-31(22-24)27-11-4-5-12-30(27)36-38-19-20-39(33)36/h4-22H,1-3H3. The molecule has 5 aromatic carbocycles. The van der Waals surface area contributed by atoms with E-state index in [9.17, 15) is 0 Å². The average Bonchev–Trinajstić information content (AvgIpc) is 3.62. The quantitative estimate of drug-likeness (QED) is 0.214. The lowest BCUT2D eigenvalue weighted by Gasteiger charge is -2.18. The van der Waals surface area contributed by atoms with Gasteiger partial charge in [-0.05, 0) is 45.7 Å². The number of imidazole rings is 1. The van der Waals surface area contributed by atoms with Crippen LogP contribution in [-0.4, -0.2) is 9.38 Å². The molecule has 192 valence electrons. The van der Waals surface area contributed by atoms with E-state index in [1.807, 2.05) is 12.4 Å². The molecule has 3 aromatic heterocycles. The Morgan fingerprint density at radius 1 is 0.600 bits per heavy atom. The molecular formula is C37H28N2O. The number of aromatic nitrogens is 2. The smallest absolute Gasteiger partial charge is 0.145 e. The van der Waals surface area contributed by atoms with Gasteiger partial charge in [-0.1, -0.05) is 106 Å². The van der Waals surface area contributed by atoms with Crippen molar-refractivity contribution in [2.45, 2.75) is 26.2 Å². The zero-order valence-corrected chi connectivity index (χ0v) is 22.8. The fourth-order valence-corrected chi connectivity index (χ4v) is 6.26. The minimum absolute atomic E-state index is 0.00396. The zero-order chi connectivity index (χ0) is 27.0. The molecule has 0 aliphatic carbocycles. The van der Waals surface area contributed by atoms with Crippen molar-refractivity contribution in [3.63, 3.8) is 0 Å². The van der Waals surface area contributed by atoms with E-state index in [1.165, 1.54) is 32.8 Å². The number of hydrogen-bond donors (Lipinski definition) is 0. The second-order valence-electron chi connectivity index (χ2n) is 11.7. The Kier molecular flexibility index (Phi) is 4.78. The third-order valence-electron chi connectivity index (χ3n) is 8.19. The first kappa shape index (κ1) is 23.0. The van der Waals surface area contributed by atoms with Crippen LogP contribution < -0.4 is 0 Å². The van der Waals surface area contributed by atoms with E-state index in [1.54, 1.807) is 0 Å². The molecule has 3 heterocycles. The first-order chi connectivity index (χ1) is 19.5. The normalized spacial score (nSPS) is 12.4. The molecule has 0 spiro atoms. The van der Waals surface area contributed by atoms with Crippen molar-refractivity contribution in [3.8, 4) is 22.3 Å². The van der Waals surface area contributed by atoms with E-state index >= 15 is 0 Å². The molecule has 0 saturated heterocycles. The van der Waals surface area contributed by atoms with Gasteiger partial charge in [0.2, 0.25) is 0 Å². The lowest BCUT2D eigenvalue weighted by molar-refractivity contribution is 0.573. The summed E-state index contributed by atoms with van der Waals surface area (Å²) in [4.78, 5) is 4.64. The van der Waals surface area contributed by atoms with Crippen molar-refractivity contribution < 1.29 is 4.42 Å². The maximum Gasteiger partial charge on any atom is 0.145 e. The third kappa shape index (κ3) is 3.34. The van der Waals surface area contributed by atoms with Gasteiger partial charge in [0.05, 0.1) is 5.52 Å². The van der Waals surface area contributed by atoms with Crippen molar-refractivity contribution >= 4 is 49.3 Å². The van der Waals surface area contributed by atoms with Crippen LogP contribution in [0.4, 0.5) is 0 Å². The molecular weight excluding hydrogens is 488 g/mol. The fraction of sp³-hybridized carbons (Fsp3) is 0.108. The van der Waals surface area contributed by atoms with Gasteiger partial charge in [0.15, 0.2) is 0 Å². The number of nitrogens with zero attached hydrogens (tertiary/aromatic N) is 2. The van der Waals surface area contributed by atoms with Gasteiger partial charge in [0.1, 0.15) is 16.8 Å². The minimum Gasteiger partial charge on any atom is -0.455 e. The van der Waals surface area contributed by atoms with E-state index in [0.29, 0.717) is 0 Å². The van der Waals surface area contributed by atoms with Crippen LogP contribution in [0.25, 0.3) is 71.5 Å². The average molecular weight is 517 g/mol. The van der Waals surface area contributed by atoms with Crippen molar-refractivity contribution in [2.75, 3.05) is 0 Å². The van der Waals surface area contributed by atoms with E-state index in [0.717, 1.165) is 44.2 Å². The van der Waals surface area contributed by atoms with E-state index in [4.69, 9.17) is 4.42 Å². The summed E-state index contributed by atoms with van der Waals surface area (Å²) >= 11 is 0. The van der Waals surface area contributed by atoms with Crippen LogP contribution in [0.1, 0.15) is 26.3 Å². The summed E-state index contributed by atoms with van der Waals surface area (Å²) in [6.45, 7) is 6.72. The van der Waals surface area contributed by atoms with E-state index in [-0.39, 0.29) is 5.41 Å². The number of benzene rings is 5. The van der Waals surface area contributed by atoms with Crippen LogP contribution in [0.3, 0.4) is 0 Å². The highest BCUT2D eigenvalue weighted by Gasteiger charge is 2.21. The predicted octanol–water partition coefficient (Wildman–Crippen LogP) is 10.2. The molecule has 8 rings (SSSR count). The molecule has 0 saturated carbocycles. The van der Waals surface area contributed by atoms with Crippen LogP contribution in [0, 0.1) is 0 Å². The maximum absolute atomic E-state index is 6.67. The van der Waals surface area contributed by atoms with Crippen molar-refractivity contribution in [3.05, 3.63) is 121 Å². The molecule has 0 fully saturated rings. The minimum atomic E-state index is -0.00396. The van der Waals surface area contributed by atoms with Crippen LogP contribution in [0.5, 0.6) is 0 Å². The fourth-order valence-electron chi connectivity index (χ4n) is 6.26. The largest absolute Gasteiger partial charge is 0.455 e. The summed E-state index contributed by atoms with van der Waals surface area (Å²) in [5, 5.41) is 5.93. The van der Waals surface area contributed by atoms with Gasteiger partial charge in [0.25, 0.3) is 0 Å². The number of rotatable bonds is 2. The molecule has 0 aliphatic rings. The second-order valence-corrected chi connectivity index (χ2v) is 11.7. The van der Waals surface area contributed by atoms with Crippen LogP contribution >= 0.6 is 0 Å². The Morgan fingerprint density at radius 3 is 2.15 bits per heavy atom. The highest BCUT2D eigenvalue weighted by molar-refractivity contribution is 6.13. The van der Waals surface area contributed by atoms with Gasteiger partial charge in [-0.15, -0.1) is 0 Å². The zero-order valence-electron chi connectivity index (χ0n) is 22.8. The highest BCUT2D eigenvalue weighted by Crippen LogP contribution is 2.41. The molecule has 8 aromatic rings. The van der Waals surface area contributed by atoms with Gasteiger partial charge in [-0.2, -0.15) is 0 Å². The summed E-state index contributed by atoms with van der Waals surface area (Å²) in [6.07, 6.45) is 3.92. The van der Waals surface area contributed by atoms with Gasteiger partial charge in [-0.3, -0.25) is 4.40 Å². The second kappa shape index (κ2) is 8.30. The Morgan fingerprint density at radius 2 is 1.30 bits per heavy atom. The molecule has 3 nitrogen and oxygen atoms in total. The number of furan rings is 1. The first-order valence-corrected chi connectivity index (χ1v) is 13.8. The Balaban J connectivity index is 1.32. The molecule has 0 bridgehead atoms. The lowest BCUT2D eigenvalue weighted by Crippen LogP contribution is -2.10. The van der Waals surface area contributed by atoms with Crippen LogP contribution in [0.2, 0.25) is 0 Å². The monoisotopic (exact) mass is 516 g/mol. The number of para-hydroxylation sites is 2. The van der Waals surface area contributed by atoms with Gasteiger partial charge in [0, 0.05) is 45.1 Å². The molecule has 0 atom stereocenters. The van der Waals surface area contributed by atoms with Crippen molar-refractivity contribution in [1.29, 1.82) is 0 Å². The molecule has 3 heteroatoms. The topological polar surface area (TPSA) is 30.4 Å². The van der Waals surface area contributed by atoms with E-state index in [2.05, 4.69) is 133 Å². The highest BCUT2D eigenvalue weighted by atomic mass is 16.3. The van der Waals surface area contributed by atoms with Crippen molar-refractivity contribution in [2.24, 2.45) is 0 Å². The number of pyridine rings is 1. The molecule has 40 heavy (non-hydrogen) atoms. The Labute approximate surface area is 232 Å². The molecule has 0 aliphatic heterocycles. The SMILES string of the molecule is CC(C)(C)c1cccc2c1oc1c(-c3cccc(-c4ccc5c(c4)c4ccccc4c4nccn54)c3)cccc12. The van der Waals surface area contributed by atoms with Gasteiger partial charge in [-0.25, -0.2) is 4.98 Å². The Bertz CT molecular complexity index is 2260. The van der Waals surface area contributed by atoms with Crippen LogP contribution in [0.15, 0.2) is 120 Å². The molecule has 0 amide bonds. The molecule has 0 N–H and O–H groups in total. The summed E-state index contributed by atoms with van der Waals surface area (Å²) in [7, 11) is 0. The van der Waals surface area contributed by atoms with E-state index < -0.39 is 0 Å².